The van der Waals surface area contributed by atoms with Crippen LogP contribution in [0.25, 0.3) is 0 Å². The second-order valence-corrected chi connectivity index (χ2v) is 4.23. The Balaban J connectivity index is 0.000000411. The van der Waals surface area contributed by atoms with Gasteiger partial charge in [0.25, 0.3) is 0 Å². The van der Waals surface area contributed by atoms with Gasteiger partial charge in [-0.15, -0.1) is 11.3 Å². The first-order valence-electron chi connectivity index (χ1n) is 4.35. The normalized spacial score (nSPS) is 9.61. The molecule has 96 valence electrons. The molecule has 0 aliphatic rings. The van der Waals surface area contributed by atoms with Gasteiger partial charge in [-0.25, -0.2) is 4.98 Å². The third-order valence-corrected chi connectivity index (χ3v) is 2.32. The number of alkyl halides is 3. The molecule has 18 heavy (non-hydrogen) atoms. The molecule has 0 saturated carbocycles. The molecule has 0 saturated heterocycles. The molecule has 0 amide bonds. The highest BCUT2D eigenvalue weighted by molar-refractivity contribution is 7.80. The highest BCUT2D eigenvalue weighted by Gasteiger charge is 2.33. The second-order valence-electron chi connectivity index (χ2n) is 2.76. The molecular formula is C9H7F3N4S2. The van der Waals surface area contributed by atoms with Gasteiger partial charge in [0.2, 0.25) is 0 Å². The van der Waals surface area contributed by atoms with E-state index >= 15 is 0 Å². The molecule has 0 fully saturated rings. The summed E-state index contributed by atoms with van der Waals surface area (Å²) in [5, 5.41) is 17.1. The zero-order chi connectivity index (χ0) is 14.2. The van der Waals surface area contributed by atoms with Crippen LogP contribution < -0.4 is 5.73 Å². The summed E-state index contributed by atoms with van der Waals surface area (Å²) in [6.45, 7) is 0. The fraction of sp³-hybridized carbons (Fsp3) is 0.333. The molecule has 0 radical (unpaired) electrons. The van der Waals surface area contributed by atoms with Crippen LogP contribution in [0.2, 0.25) is 0 Å². The van der Waals surface area contributed by atoms with E-state index in [0.717, 1.165) is 16.7 Å². The van der Waals surface area contributed by atoms with E-state index in [1.165, 1.54) is 0 Å². The fourth-order valence-electron chi connectivity index (χ4n) is 0.668. The quantitative estimate of drug-likeness (QED) is 0.846. The molecule has 0 bridgehead atoms. The molecule has 0 spiro atoms. The first-order chi connectivity index (χ1) is 8.31. The predicted molar refractivity (Wildman–Crippen MR) is 63.4 cm³/mol. The Morgan fingerprint density at radius 3 is 2.33 bits per heavy atom. The van der Waals surface area contributed by atoms with Crippen LogP contribution in [-0.4, -0.2) is 9.97 Å². The van der Waals surface area contributed by atoms with Gasteiger partial charge < -0.3 is 5.73 Å². The van der Waals surface area contributed by atoms with Gasteiger partial charge >= 0.3 is 6.18 Å². The van der Waals surface area contributed by atoms with Crippen LogP contribution in [0.1, 0.15) is 17.1 Å². The van der Waals surface area contributed by atoms with E-state index in [2.05, 4.69) is 17.2 Å². The summed E-state index contributed by atoms with van der Waals surface area (Å²) in [4.78, 5) is 3.50. The molecule has 0 aliphatic heterocycles. The molecular weight excluding hydrogens is 285 g/mol. The summed E-state index contributed by atoms with van der Waals surface area (Å²) in [5.41, 5.74) is 3.99. The lowest BCUT2D eigenvalue weighted by Gasteiger charge is -1.99. The van der Waals surface area contributed by atoms with Gasteiger partial charge in [-0.2, -0.15) is 23.7 Å². The maximum Gasteiger partial charge on any atom is 0.434 e. The Morgan fingerprint density at radius 1 is 1.44 bits per heavy atom. The molecule has 0 unspecified atom stereocenters. The molecule has 4 nitrogen and oxygen atoms in total. The SMILES string of the molecule is N#CCC(N)=S.N#CCc1nc(C(F)(F)F)cs1. The summed E-state index contributed by atoms with van der Waals surface area (Å²) >= 11 is 5.20. The van der Waals surface area contributed by atoms with Gasteiger partial charge in [-0.3, -0.25) is 0 Å². The monoisotopic (exact) mass is 292 g/mol. The minimum Gasteiger partial charge on any atom is -0.392 e. The van der Waals surface area contributed by atoms with Crippen LogP contribution in [0, 0.1) is 22.7 Å². The van der Waals surface area contributed by atoms with Crippen LogP contribution in [-0.2, 0) is 12.6 Å². The number of hydrogen-bond donors (Lipinski definition) is 1. The predicted octanol–water partition coefficient (Wildman–Crippen LogP) is 2.41. The van der Waals surface area contributed by atoms with Crippen molar-refractivity contribution in [3.63, 3.8) is 0 Å². The minimum absolute atomic E-state index is 0.0687. The van der Waals surface area contributed by atoms with Crippen LogP contribution in [0.4, 0.5) is 13.2 Å². The zero-order valence-electron chi connectivity index (χ0n) is 8.86. The number of thiazole rings is 1. The molecule has 1 heterocycles. The Kier molecular flexibility index (Phi) is 6.86. The van der Waals surface area contributed by atoms with E-state index in [1.807, 2.05) is 0 Å². The summed E-state index contributed by atoms with van der Waals surface area (Å²) in [6.07, 6.45) is -4.28. The van der Waals surface area contributed by atoms with E-state index in [9.17, 15) is 13.2 Å². The minimum atomic E-state index is -4.40. The van der Waals surface area contributed by atoms with Gasteiger partial charge in [0.05, 0.1) is 30.0 Å². The lowest BCUT2D eigenvalue weighted by atomic mass is 10.4. The van der Waals surface area contributed by atoms with Gasteiger partial charge in [0.15, 0.2) is 5.69 Å². The van der Waals surface area contributed by atoms with Crippen molar-refractivity contribution in [3.8, 4) is 12.1 Å². The summed E-state index contributed by atoms with van der Waals surface area (Å²) < 4.78 is 35.7. The lowest BCUT2D eigenvalue weighted by molar-refractivity contribution is -0.140. The Bertz CT molecular complexity index is 481. The van der Waals surface area contributed by atoms with Gasteiger partial charge in [0.1, 0.15) is 5.01 Å². The summed E-state index contributed by atoms with van der Waals surface area (Å²) in [5.74, 6) is 0. The highest BCUT2D eigenvalue weighted by Crippen LogP contribution is 2.29. The van der Waals surface area contributed by atoms with E-state index in [4.69, 9.17) is 16.3 Å². The van der Waals surface area contributed by atoms with Crippen molar-refractivity contribution >= 4 is 28.5 Å². The highest BCUT2D eigenvalue weighted by atomic mass is 32.1. The molecule has 9 heteroatoms. The maximum atomic E-state index is 11.9. The molecule has 1 aromatic heterocycles. The smallest absolute Gasteiger partial charge is 0.392 e. The first-order valence-corrected chi connectivity index (χ1v) is 5.63. The van der Waals surface area contributed by atoms with Gasteiger partial charge in [-0.1, -0.05) is 12.2 Å². The number of thiocarbonyl (C=S) groups is 1. The summed E-state index contributed by atoms with van der Waals surface area (Å²) in [7, 11) is 0. The number of nitriles is 2. The standard InChI is InChI=1S/C6H3F3N2S.C3H4N2S/c7-6(8,9)4-3-12-5(11-4)1-2-10;4-2-1-3(5)6/h3H,1H2;1H2,(H2,5,6). The van der Waals surface area contributed by atoms with E-state index in [1.54, 1.807) is 12.1 Å². The number of aromatic nitrogens is 1. The van der Waals surface area contributed by atoms with Crippen LogP contribution in [0.5, 0.6) is 0 Å². The van der Waals surface area contributed by atoms with E-state index in [-0.39, 0.29) is 22.8 Å². The van der Waals surface area contributed by atoms with Gasteiger partial charge in [0, 0.05) is 5.38 Å². The van der Waals surface area contributed by atoms with Crippen molar-refractivity contribution < 1.29 is 13.2 Å². The van der Waals surface area contributed by atoms with E-state index in [0.29, 0.717) is 0 Å². The molecule has 1 aromatic rings. The topological polar surface area (TPSA) is 86.5 Å². The molecule has 2 N–H and O–H groups in total. The van der Waals surface area contributed by atoms with Crippen molar-refractivity contribution in [2.45, 2.75) is 19.0 Å². The summed E-state index contributed by atoms with van der Waals surface area (Å²) in [6, 6.07) is 3.53. The lowest BCUT2D eigenvalue weighted by Crippen LogP contribution is -2.05. The van der Waals surface area contributed by atoms with Crippen LogP contribution in [0.15, 0.2) is 5.38 Å². The molecule has 0 atom stereocenters. The Labute approximate surface area is 110 Å². The second kappa shape index (κ2) is 7.58. The number of nitrogens with two attached hydrogens (primary N) is 1. The van der Waals surface area contributed by atoms with E-state index < -0.39 is 11.9 Å². The number of nitrogens with zero attached hydrogens (tertiary/aromatic N) is 3. The third kappa shape index (κ3) is 6.78. The van der Waals surface area contributed by atoms with Crippen molar-refractivity contribution in [3.05, 3.63) is 16.1 Å². The molecule has 0 aromatic carbocycles. The van der Waals surface area contributed by atoms with Crippen molar-refractivity contribution in [2.24, 2.45) is 5.73 Å². The zero-order valence-corrected chi connectivity index (χ0v) is 10.5. The first kappa shape index (κ1) is 16.3. The number of halogens is 3. The maximum absolute atomic E-state index is 11.9. The molecule has 0 aliphatic carbocycles. The Morgan fingerprint density at radius 2 is 2.06 bits per heavy atom. The van der Waals surface area contributed by atoms with Crippen molar-refractivity contribution in [1.82, 2.24) is 4.98 Å². The molecule has 1 rings (SSSR count). The van der Waals surface area contributed by atoms with Crippen molar-refractivity contribution in [2.75, 3.05) is 0 Å². The van der Waals surface area contributed by atoms with Crippen LogP contribution >= 0.6 is 23.6 Å². The van der Waals surface area contributed by atoms with Crippen LogP contribution in [0.3, 0.4) is 0 Å². The number of hydrogen-bond acceptors (Lipinski definition) is 5. The van der Waals surface area contributed by atoms with Crippen molar-refractivity contribution in [1.29, 1.82) is 10.5 Å². The third-order valence-electron chi connectivity index (χ3n) is 1.33. The van der Waals surface area contributed by atoms with Gasteiger partial charge in [-0.05, 0) is 0 Å². The number of rotatable bonds is 2. The average molecular weight is 292 g/mol. The largest absolute Gasteiger partial charge is 0.434 e. The average Bonchev–Trinajstić information content (AvgIpc) is 2.67. The Hall–Kier alpha value is -1.71. The fourth-order valence-corrected chi connectivity index (χ4v) is 1.47.